The first kappa shape index (κ1) is 13.3. The van der Waals surface area contributed by atoms with Gasteiger partial charge in [0, 0.05) is 22.1 Å². The Bertz CT molecular complexity index is 780. The molecule has 0 saturated carbocycles. The second-order valence-electron chi connectivity index (χ2n) is 4.44. The van der Waals surface area contributed by atoms with Gasteiger partial charge in [0.25, 0.3) is 0 Å². The van der Waals surface area contributed by atoms with Crippen LogP contribution in [-0.2, 0) is 6.42 Å². The van der Waals surface area contributed by atoms with Gasteiger partial charge in [-0.2, -0.15) is 0 Å². The molecule has 0 amide bonds. The molecule has 2 heterocycles. The summed E-state index contributed by atoms with van der Waals surface area (Å²) < 4.78 is 2.87. The van der Waals surface area contributed by atoms with E-state index in [-0.39, 0.29) is 0 Å². The molecule has 0 atom stereocenters. The van der Waals surface area contributed by atoms with E-state index >= 15 is 0 Å². The summed E-state index contributed by atoms with van der Waals surface area (Å²) >= 11 is 9.32. The lowest BCUT2D eigenvalue weighted by atomic mass is 10.1. The van der Waals surface area contributed by atoms with Gasteiger partial charge in [0.2, 0.25) is 0 Å². The van der Waals surface area contributed by atoms with Crippen molar-refractivity contribution in [3.63, 3.8) is 0 Å². The molecule has 5 heteroatoms. The van der Waals surface area contributed by atoms with Crippen molar-refractivity contribution in [3.05, 3.63) is 69.2 Å². The molecule has 3 nitrogen and oxygen atoms in total. The molecule has 0 aliphatic rings. The third-order valence-corrected chi connectivity index (χ3v) is 3.81. The minimum Gasteiger partial charge on any atom is -0.302 e. The Morgan fingerprint density at radius 3 is 2.65 bits per heavy atom. The van der Waals surface area contributed by atoms with Crippen LogP contribution in [0.4, 0.5) is 0 Å². The molecular weight excluding hydrogens is 340 g/mol. The lowest BCUT2D eigenvalue weighted by Gasteiger charge is -2.02. The van der Waals surface area contributed by atoms with Crippen molar-refractivity contribution >= 4 is 39.3 Å². The van der Waals surface area contributed by atoms with Gasteiger partial charge in [-0.15, -0.1) is 0 Å². The second kappa shape index (κ2) is 5.38. The summed E-state index contributed by atoms with van der Waals surface area (Å²) in [6.07, 6.45) is 3.35. The molecule has 0 unspecified atom stereocenters. The van der Waals surface area contributed by atoms with Gasteiger partial charge >= 0.3 is 0 Å². The third kappa shape index (κ3) is 2.49. The molecule has 0 bridgehead atoms. The number of imidazole rings is 1. The highest BCUT2D eigenvalue weighted by Crippen LogP contribution is 2.19. The Morgan fingerprint density at radius 1 is 1.20 bits per heavy atom. The normalized spacial score (nSPS) is 10.9. The number of carbonyl (C=O) groups excluding carboxylic acids is 1. The first-order chi connectivity index (χ1) is 9.67. The van der Waals surface area contributed by atoms with E-state index in [0.29, 0.717) is 17.1 Å². The summed E-state index contributed by atoms with van der Waals surface area (Å²) in [4.78, 5) is 15.5. The van der Waals surface area contributed by atoms with Crippen molar-refractivity contribution in [1.82, 2.24) is 9.38 Å². The Hall–Kier alpha value is -1.65. The van der Waals surface area contributed by atoms with Crippen molar-refractivity contribution in [1.29, 1.82) is 0 Å². The van der Waals surface area contributed by atoms with Crippen LogP contribution in [0.3, 0.4) is 0 Å². The summed E-state index contributed by atoms with van der Waals surface area (Å²) in [5.74, 6) is 0.825. The summed E-state index contributed by atoms with van der Waals surface area (Å²) in [6.45, 7) is 0. The monoisotopic (exact) mass is 348 g/mol. The fourth-order valence-corrected chi connectivity index (χ4v) is 2.61. The molecule has 0 aliphatic heterocycles. The van der Waals surface area contributed by atoms with Crippen molar-refractivity contribution in [3.8, 4) is 0 Å². The SMILES string of the molecule is O=Cc1nc(Cc2ccc(Cl)cc2)n2cc(Br)ccc12. The van der Waals surface area contributed by atoms with Gasteiger partial charge in [0.15, 0.2) is 6.29 Å². The number of hydrogen-bond donors (Lipinski definition) is 0. The molecule has 100 valence electrons. The highest BCUT2D eigenvalue weighted by Gasteiger charge is 2.11. The molecule has 2 aromatic heterocycles. The van der Waals surface area contributed by atoms with E-state index in [0.717, 1.165) is 27.7 Å². The summed E-state index contributed by atoms with van der Waals surface area (Å²) in [5.41, 5.74) is 2.37. The first-order valence-electron chi connectivity index (χ1n) is 6.03. The Labute approximate surface area is 129 Å². The molecule has 20 heavy (non-hydrogen) atoms. The number of fused-ring (bicyclic) bond motifs is 1. The smallest absolute Gasteiger partial charge is 0.170 e. The number of hydrogen-bond acceptors (Lipinski definition) is 2. The molecule has 3 aromatic rings. The molecule has 0 spiro atoms. The zero-order valence-electron chi connectivity index (χ0n) is 10.4. The van der Waals surface area contributed by atoms with Gasteiger partial charge in [-0.3, -0.25) is 4.79 Å². The summed E-state index contributed by atoms with van der Waals surface area (Å²) in [5, 5.41) is 0.707. The maximum absolute atomic E-state index is 11.1. The van der Waals surface area contributed by atoms with E-state index in [1.54, 1.807) is 0 Å². The number of benzene rings is 1. The zero-order valence-corrected chi connectivity index (χ0v) is 12.7. The molecule has 3 rings (SSSR count). The van der Waals surface area contributed by atoms with Gasteiger partial charge in [-0.25, -0.2) is 4.98 Å². The van der Waals surface area contributed by atoms with Crippen LogP contribution < -0.4 is 0 Å². The van der Waals surface area contributed by atoms with Crippen molar-refractivity contribution in [2.45, 2.75) is 6.42 Å². The molecular formula is C15H10BrClN2O. The average molecular weight is 350 g/mol. The number of carbonyl (C=O) groups is 1. The quantitative estimate of drug-likeness (QED) is 0.666. The van der Waals surface area contributed by atoms with Crippen LogP contribution >= 0.6 is 27.5 Å². The standard InChI is InChI=1S/C15H10BrClN2O/c16-11-3-6-14-13(9-20)18-15(19(14)8-11)7-10-1-4-12(17)5-2-10/h1-6,8-9H,7H2. The fourth-order valence-electron chi connectivity index (χ4n) is 2.14. The first-order valence-corrected chi connectivity index (χ1v) is 7.20. The average Bonchev–Trinajstić information content (AvgIpc) is 2.79. The Balaban J connectivity index is 2.08. The van der Waals surface area contributed by atoms with Crippen LogP contribution in [0.25, 0.3) is 5.52 Å². The summed E-state index contributed by atoms with van der Waals surface area (Å²) in [7, 11) is 0. The lowest BCUT2D eigenvalue weighted by molar-refractivity contribution is 0.112. The maximum atomic E-state index is 11.1. The number of halogens is 2. The predicted molar refractivity (Wildman–Crippen MR) is 82.5 cm³/mol. The Kier molecular flexibility index (Phi) is 3.59. The second-order valence-corrected chi connectivity index (χ2v) is 5.79. The number of pyridine rings is 1. The molecule has 0 fully saturated rings. The largest absolute Gasteiger partial charge is 0.302 e. The zero-order chi connectivity index (χ0) is 14.1. The van der Waals surface area contributed by atoms with Crippen LogP contribution in [0.1, 0.15) is 21.9 Å². The van der Waals surface area contributed by atoms with E-state index < -0.39 is 0 Å². The minimum atomic E-state index is 0.460. The van der Waals surface area contributed by atoms with Gasteiger partial charge in [0.05, 0.1) is 5.52 Å². The number of rotatable bonds is 3. The van der Waals surface area contributed by atoms with Crippen LogP contribution in [0.5, 0.6) is 0 Å². The molecule has 1 aromatic carbocycles. The molecule has 0 saturated heterocycles. The topological polar surface area (TPSA) is 34.4 Å². The van der Waals surface area contributed by atoms with Crippen LogP contribution in [0.2, 0.25) is 5.02 Å². The van der Waals surface area contributed by atoms with Gasteiger partial charge in [-0.05, 0) is 45.8 Å². The van der Waals surface area contributed by atoms with E-state index in [1.807, 2.05) is 47.0 Å². The van der Waals surface area contributed by atoms with Crippen molar-refractivity contribution in [2.24, 2.45) is 0 Å². The Morgan fingerprint density at radius 2 is 1.95 bits per heavy atom. The van der Waals surface area contributed by atoms with E-state index in [2.05, 4.69) is 20.9 Å². The molecule has 0 radical (unpaired) electrons. The van der Waals surface area contributed by atoms with E-state index in [1.165, 1.54) is 0 Å². The number of aromatic nitrogens is 2. The highest BCUT2D eigenvalue weighted by molar-refractivity contribution is 9.10. The molecule has 0 N–H and O–H groups in total. The van der Waals surface area contributed by atoms with Gasteiger partial charge in [-0.1, -0.05) is 23.7 Å². The van der Waals surface area contributed by atoms with E-state index in [9.17, 15) is 4.79 Å². The van der Waals surface area contributed by atoms with Crippen LogP contribution in [0, 0.1) is 0 Å². The molecule has 0 aliphatic carbocycles. The van der Waals surface area contributed by atoms with Crippen molar-refractivity contribution in [2.75, 3.05) is 0 Å². The van der Waals surface area contributed by atoms with Crippen LogP contribution in [0.15, 0.2) is 47.1 Å². The number of nitrogens with zero attached hydrogens (tertiary/aromatic N) is 2. The number of aldehydes is 1. The minimum absolute atomic E-state index is 0.460. The lowest BCUT2D eigenvalue weighted by Crippen LogP contribution is -1.96. The maximum Gasteiger partial charge on any atom is 0.170 e. The third-order valence-electron chi connectivity index (χ3n) is 3.09. The highest BCUT2D eigenvalue weighted by atomic mass is 79.9. The van der Waals surface area contributed by atoms with Crippen LogP contribution in [-0.4, -0.2) is 15.7 Å². The predicted octanol–water partition coefficient (Wildman–Crippen LogP) is 4.15. The fraction of sp³-hybridized carbons (Fsp3) is 0.0667. The van der Waals surface area contributed by atoms with E-state index in [4.69, 9.17) is 11.6 Å². The van der Waals surface area contributed by atoms with Crippen molar-refractivity contribution < 1.29 is 4.79 Å². The van der Waals surface area contributed by atoms with Gasteiger partial charge < -0.3 is 4.40 Å². The summed E-state index contributed by atoms with van der Waals surface area (Å²) in [6, 6.07) is 11.4. The van der Waals surface area contributed by atoms with Gasteiger partial charge in [0.1, 0.15) is 11.5 Å².